The van der Waals surface area contributed by atoms with E-state index in [-0.39, 0.29) is 18.8 Å². The number of hydrogen-bond acceptors (Lipinski definition) is 7. The standard InChI is InChI=1S/C29H38FN3O5/c30-26-8-3-7-24(25(26)19-38-23-12-16-36-18-23)27(29(34)35)33-14-11-22(17-33)37-15-2-1-6-21-10-9-20-5-4-13-31-28(20)32-21/h3,7-10,22-23,27H,1-2,4-6,11-19H2,(H,31,32)(H,34,35). The van der Waals surface area contributed by atoms with Crippen molar-refractivity contribution in [2.75, 3.05) is 44.8 Å². The van der Waals surface area contributed by atoms with Crippen LogP contribution < -0.4 is 5.32 Å². The van der Waals surface area contributed by atoms with E-state index in [0.717, 1.165) is 63.0 Å². The molecule has 3 atom stereocenters. The number of nitrogens with one attached hydrogen (secondary N) is 1. The van der Waals surface area contributed by atoms with Crippen molar-refractivity contribution in [1.82, 2.24) is 9.88 Å². The Morgan fingerprint density at radius 3 is 2.97 bits per heavy atom. The molecule has 2 aromatic rings. The van der Waals surface area contributed by atoms with Crippen LogP contribution in [0.3, 0.4) is 0 Å². The van der Waals surface area contributed by atoms with Crippen LogP contribution in [-0.4, -0.2) is 72.6 Å². The Balaban J connectivity index is 1.11. The third-order valence-electron chi connectivity index (χ3n) is 7.71. The fraction of sp³-hybridized carbons (Fsp3) is 0.586. The second-order valence-electron chi connectivity index (χ2n) is 10.4. The number of likely N-dealkylation sites (tertiary alicyclic amines) is 1. The number of hydrogen-bond donors (Lipinski definition) is 2. The van der Waals surface area contributed by atoms with Crippen LogP contribution in [0.2, 0.25) is 0 Å². The summed E-state index contributed by atoms with van der Waals surface area (Å²) in [5, 5.41) is 13.5. The molecule has 1 aromatic heterocycles. The molecule has 3 unspecified atom stereocenters. The molecule has 206 valence electrons. The topological polar surface area (TPSA) is 93.2 Å². The fourth-order valence-corrected chi connectivity index (χ4v) is 5.61. The second kappa shape index (κ2) is 13.0. The molecule has 2 saturated heterocycles. The highest BCUT2D eigenvalue weighted by Crippen LogP contribution is 2.31. The summed E-state index contributed by atoms with van der Waals surface area (Å²) in [6.45, 7) is 3.85. The Hall–Kier alpha value is -2.59. The first-order chi connectivity index (χ1) is 18.6. The number of anilines is 1. The van der Waals surface area contributed by atoms with Crippen molar-refractivity contribution in [2.24, 2.45) is 0 Å². The van der Waals surface area contributed by atoms with Gasteiger partial charge in [0.05, 0.1) is 25.4 Å². The van der Waals surface area contributed by atoms with Gasteiger partial charge in [0.15, 0.2) is 0 Å². The van der Waals surface area contributed by atoms with Crippen molar-refractivity contribution in [3.05, 3.63) is 58.5 Å². The zero-order chi connectivity index (χ0) is 26.3. The van der Waals surface area contributed by atoms with E-state index in [1.54, 1.807) is 12.1 Å². The number of pyridine rings is 1. The van der Waals surface area contributed by atoms with Crippen molar-refractivity contribution in [3.63, 3.8) is 0 Å². The Labute approximate surface area is 223 Å². The van der Waals surface area contributed by atoms with Crippen LogP contribution in [0, 0.1) is 5.82 Å². The van der Waals surface area contributed by atoms with Gasteiger partial charge in [-0.3, -0.25) is 9.69 Å². The molecule has 0 radical (unpaired) electrons. The fourth-order valence-electron chi connectivity index (χ4n) is 5.61. The lowest BCUT2D eigenvalue weighted by Gasteiger charge is -2.27. The van der Waals surface area contributed by atoms with Crippen LogP contribution in [0.1, 0.15) is 60.5 Å². The van der Waals surface area contributed by atoms with Gasteiger partial charge in [0.1, 0.15) is 17.7 Å². The van der Waals surface area contributed by atoms with Gasteiger partial charge < -0.3 is 24.6 Å². The van der Waals surface area contributed by atoms with E-state index in [2.05, 4.69) is 17.4 Å². The van der Waals surface area contributed by atoms with Crippen LogP contribution >= 0.6 is 0 Å². The van der Waals surface area contributed by atoms with E-state index in [0.29, 0.717) is 44.0 Å². The Kier molecular flexibility index (Phi) is 9.22. The lowest BCUT2D eigenvalue weighted by atomic mass is 9.99. The van der Waals surface area contributed by atoms with Crippen molar-refractivity contribution in [1.29, 1.82) is 0 Å². The molecule has 0 saturated carbocycles. The summed E-state index contributed by atoms with van der Waals surface area (Å²) < 4.78 is 32.1. The van der Waals surface area contributed by atoms with Gasteiger partial charge >= 0.3 is 5.97 Å². The molecule has 9 heteroatoms. The molecular weight excluding hydrogens is 489 g/mol. The van der Waals surface area contributed by atoms with Gasteiger partial charge in [-0.2, -0.15) is 0 Å². The average molecular weight is 528 g/mol. The Bertz CT molecular complexity index is 1090. The molecule has 3 aliphatic heterocycles. The number of aryl methyl sites for hydroxylation is 2. The number of carbonyl (C=O) groups is 1. The number of benzene rings is 1. The van der Waals surface area contributed by atoms with Crippen molar-refractivity contribution < 1.29 is 28.5 Å². The van der Waals surface area contributed by atoms with E-state index in [1.807, 2.05) is 4.90 Å². The number of halogens is 1. The number of ether oxygens (including phenoxy) is 3. The molecule has 1 aromatic carbocycles. The highest BCUT2D eigenvalue weighted by atomic mass is 19.1. The van der Waals surface area contributed by atoms with Crippen molar-refractivity contribution in [3.8, 4) is 0 Å². The summed E-state index contributed by atoms with van der Waals surface area (Å²) in [4.78, 5) is 19.0. The van der Waals surface area contributed by atoms with Gasteiger partial charge in [-0.05, 0) is 68.2 Å². The summed E-state index contributed by atoms with van der Waals surface area (Å²) in [6, 6.07) is 8.00. The number of carboxylic acids is 1. The maximum Gasteiger partial charge on any atom is 0.325 e. The first kappa shape index (κ1) is 27.0. The SMILES string of the molecule is O=C(O)C(c1cccc(F)c1COC1CCOC1)N1CCC(OCCCCc2ccc3c(n2)NCCC3)C1. The molecule has 0 aliphatic carbocycles. The van der Waals surface area contributed by atoms with E-state index in [4.69, 9.17) is 19.2 Å². The largest absolute Gasteiger partial charge is 0.480 e. The van der Waals surface area contributed by atoms with Gasteiger partial charge in [0.2, 0.25) is 0 Å². The summed E-state index contributed by atoms with van der Waals surface area (Å²) in [7, 11) is 0. The van der Waals surface area contributed by atoms with Gasteiger partial charge in [-0.15, -0.1) is 0 Å². The number of unbranched alkanes of at least 4 members (excludes halogenated alkanes) is 1. The number of aliphatic carboxylic acids is 1. The minimum Gasteiger partial charge on any atom is -0.480 e. The molecule has 0 amide bonds. The smallest absolute Gasteiger partial charge is 0.325 e. The molecule has 5 rings (SSSR count). The predicted octanol–water partition coefficient (Wildman–Crippen LogP) is 4.12. The lowest BCUT2D eigenvalue weighted by Crippen LogP contribution is -2.34. The molecular formula is C29H38FN3O5. The molecule has 38 heavy (non-hydrogen) atoms. The van der Waals surface area contributed by atoms with Gasteiger partial charge in [0.25, 0.3) is 0 Å². The quantitative estimate of drug-likeness (QED) is 0.398. The maximum absolute atomic E-state index is 14.8. The van der Waals surface area contributed by atoms with E-state index in [1.165, 1.54) is 11.6 Å². The summed E-state index contributed by atoms with van der Waals surface area (Å²) in [5.74, 6) is -0.401. The van der Waals surface area contributed by atoms with Gasteiger partial charge in [-0.25, -0.2) is 9.37 Å². The third-order valence-corrected chi connectivity index (χ3v) is 7.71. The molecule has 8 nitrogen and oxygen atoms in total. The monoisotopic (exact) mass is 527 g/mol. The number of carboxylic acid groups (broad SMARTS) is 1. The first-order valence-corrected chi connectivity index (χ1v) is 13.9. The number of aromatic nitrogens is 1. The molecule has 3 aliphatic rings. The average Bonchev–Trinajstić information content (AvgIpc) is 3.61. The normalized spacial score (nSPS) is 22.2. The van der Waals surface area contributed by atoms with Crippen molar-refractivity contribution >= 4 is 11.8 Å². The van der Waals surface area contributed by atoms with Crippen molar-refractivity contribution in [2.45, 2.75) is 69.8 Å². The summed E-state index contributed by atoms with van der Waals surface area (Å²) >= 11 is 0. The molecule has 2 fully saturated rings. The van der Waals surface area contributed by atoms with E-state index < -0.39 is 17.8 Å². The Morgan fingerprint density at radius 2 is 2.13 bits per heavy atom. The highest BCUT2D eigenvalue weighted by Gasteiger charge is 2.36. The minimum absolute atomic E-state index is 0.0305. The number of rotatable bonds is 12. The van der Waals surface area contributed by atoms with Crippen LogP contribution in [-0.2, 0) is 38.5 Å². The summed E-state index contributed by atoms with van der Waals surface area (Å²) in [5.41, 5.74) is 3.16. The van der Waals surface area contributed by atoms with Crippen LogP contribution in [0.5, 0.6) is 0 Å². The zero-order valence-corrected chi connectivity index (χ0v) is 21.9. The predicted molar refractivity (Wildman–Crippen MR) is 141 cm³/mol. The van der Waals surface area contributed by atoms with Crippen LogP contribution in [0.15, 0.2) is 30.3 Å². The Morgan fingerprint density at radius 1 is 1.21 bits per heavy atom. The van der Waals surface area contributed by atoms with Gasteiger partial charge in [-0.1, -0.05) is 18.2 Å². The minimum atomic E-state index is -0.992. The third kappa shape index (κ3) is 6.69. The number of fused-ring (bicyclic) bond motifs is 1. The molecule has 4 heterocycles. The number of nitrogens with zero attached hydrogens (tertiary/aromatic N) is 2. The molecule has 0 spiro atoms. The van der Waals surface area contributed by atoms with Crippen LogP contribution in [0.25, 0.3) is 0 Å². The zero-order valence-electron chi connectivity index (χ0n) is 21.9. The second-order valence-corrected chi connectivity index (χ2v) is 10.4. The molecule has 2 N–H and O–H groups in total. The van der Waals surface area contributed by atoms with Crippen LogP contribution in [0.4, 0.5) is 10.2 Å². The van der Waals surface area contributed by atoms with E-state index in [9.17, 15) is 14.3 Å². The van der Waals surface area contributed by atoms with E-state index >= 15 is 0 Å². The van der Waals surface area contributed by atoms with Gasteiger partial charge in [0, 0.05) is 44.1 Å². The lowest BCUT2D eigenvalue weighted by molar-refractivity contribution is -0.143. The molecule has 0 bridgehead atoms. The first-order valence-electron chi connectivity index (χ1n) is 13.9. The highest BCUT2D eigenvalue weighted by molar-refractivity contribution is 5.76. The summed E-state index contributed by atoms with van der Waals surface area (Å²) in [6.07, 6.45) is 6.45. The maximum atomic E-state index is 14.8.